The Morgan fingerprint density at radius 3 is 2.07 bits per heavy atom. The molecule has 0 aliphatic carbocycles. The Labute approximate surface area is 88.3 Å². The average molecular weight is 199 g/mol. The molecular formula is C11H25N3. The molecule has 1 heterocycles. The highest BCUT2D eigenvalue weighted by atomic mass is 15.6. The van der Waals surface area contributed by atoms with Crippen LogP contribution in [0.3, 0.4) is 0 Å². The summed E-state index contributed by atoms with van der Waals surface area (Å²) in [5.74, 6) is 0. The highest BCUT2D eigenvalue weighted by Gasteiger charge is 2.41. The maximum atomic E-state index is 2.33. The number of hydrazine groups is 1. The van der Waals surface area contributed by atoms with E-state index in [1.807, 2.05) is 0 Å². The summed E-state index contributed by atoms with van der Waals surface area (Å²) in [4.78, 5) is 0. The lowest BCUT2D eigenvalue weighted by molar-refractivity contribution is -0.0734. The molecule has 14 heavy (non-hydrogen) atoms. The summed E-state index contributed by atoms with van der Waals surface area (Å²) in [5.41, 5.74) is 0.494. The van der Waals surface area contributed by atoms with Gasteiger partial charge in [0.05, 0.1) is 0 Å². The van der Waals surface area contributed by atoms with Crippen molar-refractivity contribution < 1.29 is 0 Å². The Bertz CT molecular complexity index is 219. The van der Waals surface area contributed by atoms with Gasteiger partial charge in [-0.2, -0.15) is 0 Å². The first-order valence-electron chi connectivity index (χ1n) is 4.92. The van der Waals surface area contributed by atoms with Crippen molar-refractivity contribution in [3.05, 3.63) is 12.3 Å². The van der Waals surface area contributed by atoms with E-state index in [-0.39, 0.29) is 11.7 Å². The first-order chi connectivity index (χ1) is 5.79. The van der Waals surface area contributed by atoms with Crippen molar-refractivity contribution in [3.8, 4) is 0 Å². The lowest BCUT2D eigenvalue weighted by Gasteiger charge is -2.48. The third kappa shape index (κ3) is 1.93. The molecule has 0 spiro atoms. The number of hydrogen-bond donors (Lipinski definition) is 1. The molecule has 0 radical (unpaired) electrons. The second kappa shape index (κ2) is 3.91. The summed E-state index contributed by atoms with van der Waals surface area (Å²) < 4.78 is 0. The van der Waals surface area contributed by atoms with Crippen molar-refractivity contribution in [1.29, 1.82) is 0 Å². The molecule has 3 N–H and O–H groups in total. The Balaban J connectivity index is 0.00000169. The Kier molecular flexibility index (Phi) is 3.76. The third-order valence-electron chi connectivity index (χ3n) is 3.89. The monoisotopic (exact) mass is 199 g/mol. The minimum Gasteiger partial charge on any atom is -0.344 e. The lowest BCUT2D eigenvalue weighted by Crippen LogP contribution is -2.55. The van der Waals surface area contributed by atoms with E-state index in [1.54, 1.807) is 0 Å². The fraction of sp³-hybridized carbons (Fsp3) is 0.818. The molecule has 1 rings (SSSR count). The summed E-state index contributed by atoms with van der Waals surface area (Å²) in [5, 5.41) is 4.46. The Hall–Kier alpha value is -0.540. The molecule has 0 bridgehead atoms. The predicted molar refractivity (Wildman–Crippen MR) is 62.2 cm³/mol. The predicted octanol–water partition coefficient (Wildman–Crippen LogP) is 2.65. The van der Waals surface area contributed by atoms with Gasteiger partial charge < -0.3 is 11.2 Å². The van der Waals surface area contributed by atoms with Crippen LogP contribution in [0.1, 0.15) is 34.1 Å². The summed E-state index contributed by atoms with van der Waals surface area (Å²) in [7, 11) is 4.25. The SMILES string of the molecule is CN1C=CCC(C)(C)C(C)(C)N1C.N. The lowest BCUT2D eigenvalue weighted by atomic mass is 9.72. The molecule has 0 aromatic heterocycles. The van der Waals surface area contributed by atoms with Crippen LogP contribution in [0.25, 0.3) is 0 Å². The van der Waals surface area contributed by atoms with Gasteiger partial charge in [-0.05, 0) is 25.7 Å². The van der Waals surface area contributed by atoms with Crippen molar-refractivity contribution in [3.63, 3.8) is 0 Å². The van der Waals surface area contributed by atoms with Crippen LogP contribution in [0.4, 0.5) is 0 Å². The van der Waals surface area contributed by atoms with Gasteiger partial charge in [0, 0.05) is 25.8 Å². The van der Waals surface area contributed by atoms with Crippen LogP contribution in [0.15, 0.2) is 12.3 Å². The molecule has 3 nitrogen and oxygen atoms in total. The zero-order valence-corrected chi connectivity index (χ0v) is 10.5. The molecule has 0 fully saturated rings. The summed E-state index contributed by atoms with van der Waals surface area (Å²) in [6, 6.07) is 0. The molecule has 3 heteroatoms. The van der Waals surface area contributed by atoms with Crippen molar-refractivity contribution in [1.82, 2.24) is 16.2 Å². The Morgan fingerprint density at radius 1 is 1.07 bits per heavy atom. The molecule has 0 unspecified atom stereocenters. The molecule has 0 aromatic rings. The van der Waals surface area contributed by atoms with Gasteiger partial charge in [-0.3, -0.25) is 0 Å². The molecule has 1 aliphatic rings. The van der Waals surface area contributed by atoms with E-state index in [0.717, 1.165) is 6.42 Å². The standard InChI is InChI=1S/C11H22N2.H3N/c1-10(2)8-7-9-12(5)13(6)11(10,3)4;/h7,9H,8H2,1-6H3;1H3. The number of hydrogen-bond acceptors (Lipinski definition) is 3. The second-order valence-corrected chi connectivity index (χ2v) is 5.13. The highest BCUT2D eigenvalue weighted by molar-refractivity contribution is 5.01. The first-order valence-corrected chi connectivity index (χ1v) is 4.92. The van der Waals surface area contributed by atoms with Crippen molar-refractivity contribution >= 4 is 0 Å². The molecule has 0 aromatic carbocycles. The molecule has 0 saturated carbocycles. The van der Waals surface area contributed by atoms with Gasteiger partial charge in [0.1, 0.15) is 0 Å². The topological polar surface area (TPSA) is 41.5 Å². The molecule has 1 aliphatic heterocycles. The molecule has 0 saturated heterocycles. The van der Waals surface area contributed by atoms with E-state index in [2.05, 4.69) is 64.1 Å². The average Bonchev–Trinajstić information content (AvgIpc) is 2.05. The van der Waals surface area contributed by atoms with Crippen molar-refractivity contribution in [2.45, 2.75) is 39.7 Å². The maximum absolute atomic E-state index is 2.33. The number of rotatable bonds is 0. The van der Waals surface area contributed by atoms with Gasteiger partial charge in [-0.25, -0.2) is 5.01 Å². The van der Waals surface area contributed by atoms with Gasteiger partial charge >= 0.3 is 0 Å². The molecule has 0 atom stereocenters. The van der Waals surface area contributed by atoms with E-state index in [4.69, 9.17) is 0 Å². The van der Waals surface area contributed by atoms with Gasteiger partial charge in [0.15, 0.2) is 0 Å². The van der Waals surface area contributed by atoms with E-state index < -0.39 is 0 Å². The van der Waals surface area contributed by atoms with Gasteiger partial charge in [-0.1, -0.05) is 19.9 Å². The van der Waals surface area contributed by atoms with Crippen molar-refractivity contribution in [2.75, 3.05) is 14.1 Å². The normalized spacial score (nSPS) is 25.4. The first kappa shape index (κ1) is 13.5. The van der Waals surface area contributed by atoms with Crippen LogP contribution in [0.5, 0.6) is 0 Å². The Morgan fingerprint density at radius 2 is 1.57 bits per heavy atom. The molecular weight excluding hydrogens is 174 g/mol. The second-order valence-electron chi connectivity index (χ2n) is 5.13. The third-order valence-corrected chi connectivity index (χ3v) is 3.89. The van der Waals surface area contributed by atoms with Crippen LogP contribution in [0, 0.1) is 5.41 Å². The van der Waals surface area contributed by atoms with E-state index in [9.17, 15) is 0 Å². The van der Waals surface area contributed by atoms with Crippen LogP contribution >= 0.6 is 0 Å². The zero-order valence-electron chi connectivity index (χ0n) is 10.5. The van der Waals surface area contributed by atoms with E-state index >= 15 is 0 Å². The fourth-order valence-electron chi connectivity index (χ4n) is 1.68. The summed E-state index contributed by atoms with van der Waals surface area (Å²) in [6.45, 7) is 9.26. The van der Waals surface area contributed by atoms with Gasteiger partial charge in [-0.15, -0.1) is 0 Å². The number of allylic oxidation sites excluding steroid dienone is 1. The van der Waals surface area contributed by atoms with Crippen molar-refractivity contribution in [2.24, 2.45) is 5.41 Å². The smallest absolute Gasteiger partial charge is 0.0398 e. The van der Waals surface area contributed by atoms with Crippen LogP contribution in [0.2, 0.25) is 0 Å². The van der Waals surface area contributed by atoms with Crippen LogP contribution in [-0.4, -0.2) is 29.7 Å². The summed E-state index contributed by atoms with van der Waals surface area (Å²) in [6.07, 6.45) is 5.54. The fourth-order valence-corrected chi connectivity index (χ4v) is 1.68. The summed E-state index contributed by atoms with van der Waals surface area (Å²) >= 11 is 0. The number of nitrogens with zero attached hydrogens (tertiary/aromatic N) is 2. The van der Waals surface area contributed by atoms with E-state index in [1.165, 1.54) is 0 Å². The van der Waals surface area contributed by atoms with Crippen LogP contribution in [-0.2, 0) is 0 Å². The quantitative estimate of drug-likeness (QED) is 0.652. The largest absolute Gasteiger partial charge is 0.344 e. The van der Waals surface area contributed by atoms with Crippen LogP contribution < -0.4 is 6.15 Å². The zero-order chi connectivity index (χ0) is 10.3. The minimum atomic E-state index is 0. The van der Waals surface area contributed by atoms with E-state index in [0.29, 0.717) is 5.41 Å². The van der Waals surface area contributed by atoms with Gasteiger partial charge in [0.2, 0.25) is 0 Å². The minimum absolute atomic E-state index is 0. The molecule has 84 valence electrons. The van der Waals surface area contributed by atoms with Gasteiger partial charge in [0.25, 0.3) is 0 Å². The maximum Gasteiger partial charge on any atom is 0.0398 e. The molecule has 0 amide bonds. The highest BCUT2D eigenvalue weighted by Crippen LogP contribution is 2.40.